The van der Waals surface area contributed by atoms with Crippen molar-refractivity contribution in [2.45, 2.75) is 51.5 Å². The smallest absolute Gasteiger partial charge is 0.307 e. The maximum absolute atomic E-state index is 14.3. The molecule has 0 radical (unpaired) electrons. The number of carboxylic acid groups (broad SMARTS) is 1. The monoisotopic (exact) mass is 565 g/mol. The Morgan fingerprint density at radius 3 is 2.48 bits per heavy atom. The number of hydrogen-bond donors (Lipinski definition) is 1. The predicted octanol–water partition coefficient (Wildman–Crippen LogP) is 5.46. The van der Waals surface area contributed by atoms with Gasteiger partial charge in [-0.05, 0) is 62.2 Å². The van der Waals surface area contributed by atoms with Crippen LogP contribution in [-0.2, 0) is 16.6 Å². The Balaban J connectivity index is 1.38. The number of amides is 1. The van der Waals surface area contributed by atoms with E-state index in [4.69, 9.17) is 21.7 Å². The summed E-state index contributed by atoms with van der Waals surface area (Å²) in [6.07, 6.45) is 2.31. The summed E-state index contributed by atoms with van der Waals surface area (Å²) in [7, 11) is 0. The van der Waals surface area contributed by atoms with E-state index < -0.39 is 17.3 Å². The fraction of sp³-hybridized carbons (Fsp3) is 0.400. The number of halogens is 2. The number of hydrogen-bond acceptors (Lipinski definition) is 6. The van der Waals surface area contributed by atoms with Gasteiger partial charge >= 0.3 is 5.97 Å². The van der Waals surface area contributed by atoms with Gasteiger partial charge in [0.1, 0.15) is 17.3 Å². The largest absolute Gasteiger partial charge is 0.481 e. The highest BCUT2D eigenvalue weighted by atomic mass is 35.5. The van der Waals surface area contributed by atoms with Crippen molar-refractivity contribution < 1.29 is 19.1 Å². The summed E-state index contributed by atoms with van der Waals surface area (Å²) in [4.78, 5) is 40.2. The number of fused-ring (bicyclic) bond motifs is 1. The van der Waals surface area contributed by atoms with Crippen LogP contribution in [-0.4, -0.2) is 63.6 Å². The van der Waals surface area contributed by atoms with Crippen molar-refractivity contribution in [3.05, 3.63) is 76.5 Å². The van der Waals surface area contributed by atoms with E-state index in [1.165, 1.54) is 6.07 Å². The number of carbonyl (C=O) groups excluding carboxylic acids is 1. The summed E-state index contributed by atoms with van der Waals surface area (Å²) in [5, 5.41) is 9.08. The van der Waals surface area contributed by atoms with Crippen molar-refractivity contribution in [3.63, 3.8) is 0 Å². The highest BCUT2D eigenvalue weighted by Gasteiger charge is 2.40. The van der Waals surface area contributed by atoms with Crippen molar-refractivity contribution in [3.8, 4) is 0 Å². The van der Waals surface area contributed by atoms with Crippen molar-refractivity contribution in [1.29, 1.82) is 0 Å². The minimum atomic E-state index is -0.895. The summed E-state index contributed by atoms with van der Waals surface area (Å²) in [5.74, 6) is -0.754. The van der Waals surface area contributed by atoms with E-state index in [0.29, 0.717) is 43.1 Å². The normalized spacial score (nSPS) is 17.9. The molecule has 1 amide bonds. The molecule has 0 unspecified atom stereocenters. The molecule has 3 aromatic rings. The molecule has 2 aromatic heterocycles. The Bertz CT molecular complexity index is 1460. The Kier molecular flexibility index (Phi) is 7.20. The summed E-state index contributed by atoms with van der Waals surface area (Å²) in [6, 6.07) is 12.1. The standard InChI is InChI=1S/C30H33ClFN5O3/c1-29(2)11-12-36(20-6-7-21(31)22(32)16-20)24-9-8-23(34-27(24)29)28(40)37-14-13-35(18-30(37,3)4)25-10-5-19(17-33-25)15-26(38)39/h5-10,16-17H,11-15,18H2,1-4H3,(H,38,39). The van der Waals surface area contributed by atoms with E-state index in [-0.39, 0.29) is 22.8 Å². The molecule has 0 aliphatic carbocycles. The molecule has 0 saturated carbocycles. The Hall–Kier alpha value is -3.72. The molecule has 210 valence electrons. The fourth-order valence-electron chi connectivity index (χ4n) is 5.59. The second-order valence-electron chi connectivity index (χ2n) is 11.7. The zero-order valence-electron chi connectivity index (χ0n) is 23.1. The second kappa shape index (κ2) is 10.4. The number of anilines is 3. The number of pyridine rings is 2. The van der Waals surface area contributed by atoms with Gasteiger partial charge in [0.25, 0.3) is 5.91 Å². The lowest BCUT2D eigenvalue weighted by atomic mass is 9.80. The van der Waals surface area contributed by atoms with Crippen LogP contribution in [0.4, 0.5) is 21.6 Å². The molecule has 1 aromatic carbocycles. The first-order chi connectivity index (χ1) is 18.9. The molecule has 4 heterocycles. The number of carboxylic acids is 1. The van der Waals surface area contributed by atoms with Crippen LogP contribution in [0.15, 0.2) is 48.7 Å². The molecule has 10 heteroatoms. The van der Waals surface area contributed by atoms with Crippen LogP contribution in [0, 0.1) is 5.82 Å². The van der Waals surface area contributed by atoms with Gasteiger partial charge in [0.05, 0.1) is 28.4 Å². The highest BCUT2D eigenvalue weighted by Crippen LogP contribution is 2.42. The lowest BCUT2D eigenvalue weighted by Gasteiger charge is -2.47. The van der Waals surface area contributed by atoms with Crippen molar-refractivity contribution in [1.82, 2.24) is 14.9 Å². The summed E-state index contributed by atoms with van der Waals surface area (Å²) in [6.45, 7) is 10.6. The van der Waals surface area contributed by atoms with E-state index in [9.17, 15) is 14.0 Å². The maximum atomic E-state index is 14.3. The van der Waals surface area contributed by atoms with Crippen LogP contribution in [0.2, 0.25) is 5.02 Å². The van der Waals surface area contributed by atoms with Gasteiger partial charge in [0.15, 0.2) is 0 Å². The maximum Gasteiger partial charge on any atom is 0.307 e. The van der Waals surface area contributed by atoms with Gasteiger partial charge in [-0.15, -0.1) is 0 Å². The van der Waals surface area contributed by atoms with Gasteiger partial charge in [-0.3, -0.25) is 9.59 Å². The lowest BCUT2D eigenvalue weighted by Crippen LogP contribution is -2.61. The molecule has 2 aliphatic rings. The van der Waals surface area contributed by atoms with Gasteiger partial charge in [0.2, 0.25) is 0 Å². The van der Waals surface area contributed by atoms with Gasteiger partial charge in [-0.1, -0.05) is 31.5 Å². The summed E-state index contributed by atoms with van der Waals surface area (Å²) in [5.41, 5.74) is 2.62. The van der Waals surface area contributed by atoms with Crippen molar-refractivity contribution >= 4 is 40.7 Å². The quantitative estimate of drug-likeness (QED) is 0.439. The molecule has 2 aliphatic heterocycles. The van der Waals surface area contributed by atoms with Gasteiger partial charge in [-0.2, -0.15) is 0 Å². The molecule has 0 spiro atoms. The third-order valence-electron chi connectivity index (χ3n) is 7.84. The Morgan fingerprint density at radius 2 is 1.82 bits per heavy atom. The Morgan fingerprint density at radius 1 is 1.05 bits per heavy atom. The molecule has 1 fully saturated rings. The molecular weight excluding hydrogens is 533 g/mol. The van der Waals surface area contributed by atoms with Gasteiger partial charge < -0.3 is 19.8 Å². The van der Waals surface area contributed by atoms with E-state index >= 15 is 0 Å². The third-order valence-corrected chi connectivity index (χ3v) is 8.14. The first kappa shape index (κ1) is 27.8. The van der Waals surface area contributed by atoms with E-state index in [1.807, 2.05) is 35.8 Å². The predicted molar refractivity (Wildman–Crippen MR) is 153 cm³/mol. The van der Waals surface area contributed by atoms with E-state index in [2.05, 4.69) is 23.7 Å². The molecular formula is C30H33ClFN5O3. The second-order valence-corrected chi connectivity index (χ2v) is 12.1. The number of rotatable bonds is 5. The number of carbonyl (C=O) groups is 2. The number of piperazine rings is 1. The van der Waals surface area contributed by atoms with Gasteiger partial charge in [0, 0.05) is 43.5 Å². The minimum absolute atomic E-state index is 0.0695. The highest BCUT2D eigenvalue weighted by molar-refractivity contribution is 6.30. The van der Waals surface area contributed by atoms with Crippen LogP contribution in [0.3, 0.4) is 0 Å². The molecule has 5 rings (SSSR count). The van der Waals surface area contributed by atoms with Crippen LogP contribution in [0.1, 0.15) is 55.9 Å². The van der Waals surface area contributed by atoms with Crippen molar-refractivity contribution in [2.75, 3.05) is 36.0 Å². The molecule has 0 bridgehead atoms. The van der Waals surface area contributed by atoms with Crippen LogP contribution in [0.5, 0.6) is 0 Å². The molecule has 1 N–H and O–H groups in total. The molecule has 1 saturated heterocycles. The molecule has 40 heavy (non-hydrogen) atoms. The first-order valence-corrected chi connectivity index (χ1v) is 13.7. The fourth-order valence-corrected chi connectivity index (χ4v) is 5.70. The average Bonchev–Trinajstić information content (AvgIpc) is 2.89. The summed E-state index contributed by atoms with van der Waals surface area (Å²) >= 11 is 5.91. The number of nitrogens with zero attached hydrogens (tertiary/aromatic N) is 5. The third kappa shape index (κ3) is 5.35. The number of benzene rings is 1. The van der Waals surface area contributed by atoms with Crippen LogP contribution < -0.4 is 9.80 Å². The van der Waals surface area contributed by atoms with Crippen molar-refractivity contribution in [2.24, 2.45) is 0 Å². The molecule has 8 nitrogen and oxygen atoms in total. The molecule has 0 atom stereocenters. The minimum Gasteiger partial charge on any atom is -0.481 e. The summed E-state index contributed by atoms with van der Waals surface area (Å²) < 4.78 is 14.3. The van der Waals surface area contributed by atoms with Crippen LogP contribution in [0.25, 0.3) is 0 Å². The van der Waals surface area contributed by atoms with E-state index in [1.54, 1.807) is 30.5 Å². The lowest BCUT2D eigenvalue weighted by molar-refractivity contribution is -0.136. The first-order valence-electron chi connectivity index (χ1n) is 13.3. The number of aliphatic carboxylic acids is 1. The topological polar surface area (TPSA) is 89.9 Å². The zero-order valence-corrected chi connectivity index (χ0v) is 23.9. The number of aromatic nitrogens is 2. The Labute approximate surface area is 238 Å². The SMILES string of the molecule is CC1(C)CCN(c2ccc(Cl)c(F)c2)c2ccc(C(=O)N3CCN(c4ccc(CC(=O)O)cn4)CC3(C)C)nc21. The zero-order chi connectivity index (χ0) is 28.8. The van der Waals surface area contributed by atoms with Gasteiger partial charge in [-0.25, -0.2) is 14.4 Å². The van der Waals surface area contributed by atoms with E-state index in [0.717, 1.165) is 23.6 Å². The van der Waals surface area contributed by atoms with Crippen LogP contribution >= 0.6 is 11.6 Å². The average molecular weight is 566 g/mol.